The van der Waals surface area contributed by atoms with Crippen LogP contribution in [0.3, 0.4) is 0 Å². The molecule has 0 radical (unpaired) electrons. The van der Waals surface area contributed by atoms with Gasteiger partial charge >= 0.3 is 0 Å². The summed E-state index contributed by atoms with van der Waals surface area (Å²) in [6, 6.07) is 8.65. The Morgan fingerprint density at radius 2 is 2.20 bits per heavy atom. The van der Waals surface area contributed by atoms with Crippen LogP contribution in [0.25, 0.3) is 0 Å². The van der Waals surface area contributed by atoms with Crippen LogP contribution in [0.5, 0.6) is 0 Å². The highest BCUT2D eigenvalue weighted by Crippen LogP contribution is 2.31. The highest BCUT2D eigenvalue weighted by atomic mass is 35.5. The average Bonchev–Trinajstić information content (AvgIpc) is 2.16. The molecule has 1 saturated heterocycles. The molecule has 0 aliphatic carbocycles. The smallest absolute Gasteiger partial charge is 0.0409 e. The number of hydrogen-bond acceptors (Lipinski definition) is 1. The number of nitrogens with one attached hydrogen (secondary N) is 1. The van der Waals surface area contributed by atoms with Crippen molar-refractivity contribution >= 4 is 11.6 Å². The van der Waals surface area contributed by atoms with E-state index < -0.39 is 0 Å². The van der Waals surface area contributed by atoms with Gasteiger partial charge in [0.15, 0.2) is 0 Å². The lowest BCUT2D eigenvalue weighted by Gasteiger charge is -2.37. The summed E-state index contributed by atoms with van der Waals surface area (Å²) in [5.74, 6) is 0. The fraction of sp³-hybridized carbons (Fsp3) is 0.538. The largest absolute Gasteiger partial charge is 0.305 e. The van der Waals surface area contributed by atoms with Gasteiger partial charge in [-0.25, -0.2) is 0 Å². The van der Waals surface area contributed by atoms with E-state index in [4.69, 9.17) is 11.6 Å². The molecule has 0 amide bonds. The molecule has 0 aromatic heterocycles. The summed E-state index contributed by atoms with van der Waals surface area (Å²) < 4.78 is 0. The van der Waals surface area contributed by atoms with Crippen molar-refractivity contribution in [2.75, 3.05) is 0 Å². The normalized spacial score (nSPS) is 25.1. The van der Waals surface area contributed by atoms with Crippen LogP contribution in [0.2, 0.25) is 5.02 Å². The molecule has 1 nitrogen and oxygen atoms in total. The molecule has 15 heavy (non-hydrogen) atoms. The number of rotatable bonds is 1. The first-order valence-corrected chi connectivity index (χ1v) is 5.98. The number of hydrogen-bond donors (Lipinski definition) is 1. The van der Waals surface area contributed by atoms with Crippen molar-refractivity contribution in [1.82, 2.24) is 5.32 Å². The quantitative estimate of drug-likeness (QED) is 0.761. The van der Waals surface area contributed by atoms with Crippen LogP contribution < -0.4 is 5.32 Å². The van der Waals surface area contributed by atoms with Crippen molar-refractivity contribution < 1.29 is 0 Å². The fourth-order valence-corrected chi connectivity index (χ4v) is 2.54. The van der Waals surface area contributed by atoms with Crippen LogP contribution in [0.4, 0.5) is 0 Å². The molecule has 1 aliphatic rings. The van der Waals surface area contributed by atoms with E-state index in [-0.39, 0.29) is 5.54 Å². The maximum atomic E-state index is 6.01. The lowest BCUT2D eigenvalue weighted by atomic mass is 9.86. The van der Waals surface area contributed by atoms with Crippen LogP contribution in [-0.4, -0.2) is 5.54 Å². The van der Waals surface area contributed by atoms with E-state index >= 15 is 0 Å². The molecule has 1 N–H and O–H groups in total. The molecule has 1 aliphatic heterocycles. The Bertz CT molecular complexity index is 346. The van der Waals surface area contributed by atoms with Gasteiger partial charge in [-0.3, -0.25) is 0 Å². The highest BCUT2D eigenvalue weighted by molar-refractivity contribution is 6.30. The van der Waals surface area contributed by atoms with E-state index in [1.165, 1.54) is 24.8 Å². The van der Waals surface area contributed by atoms with Crippen molar-refractivity contribution in [2.24, 2.45) is 0 Å². The molecule has 1 aromatic carbocycles. The summed E-state index contributed by atoms with van der Waals surface area (Å²) in [6.07, 6.45) is 3.75. The lowest BCUT2D eigenvalue weighted by molar-refractivity contribution is 0.245. The average molecular weight is 224 g/mol. The van der Waals surface area contributed by atoms with Gasteiger partial charge in [-0.2, -0.15) is 0 Å². The van der Waals surface area contributed by atoms with Crippen LogP contribution in [0, 0.1) is 0 Å². The van der Waals surface area contributed by atoms with Gasteiger partial charge in [-0.1, -0.05) is 23.7 Å². The van der Waals surface area contributed by atoms with Crippen molar-refractivity contribution in [3.05, 3.63) is 34.9 Å². The summed E-state index contributed by atoms with van der Waals surface area (Å²) in [5, 5.41) is 4.51. The number of piperidine rings is 1. The summed E-state index contributed by atoms with van der Waals surface area (Å²) in [4.78, 5) is 0. The first kappa shape index (κ1) is 11.0. The molecule has 0 bridgehead atoms. The third kappa shape index (κ3) is 2.73. The van der Waals surface area contributed by atoms with Crippen LogP contribution >= 0.6 is 11.6 Å². The minimum absolute atomic E-state index is 0.255. The third-order valence-corrected chi connectivity index (χ3v) is 3.35. The van der Waals surface area contributed by atoms with Crippen molar-refractivity contribution in [3.63, 3.8) is 0 Å². The van der Waals surface area contributed by atoms with E-state index in [9.17, 15) is 0 Å². The van der Waals surface area contributed by atoms with E-state index in [0.29, 0.717) is 6.04 Å². The van der Waals surface area contributed by atoms with E-state index in [1.54, 1.807) is 0 Å². The van der Waals surface area contributed by atoms with Crippen LogP contribution in [-0.2, 0) is 0 Å². The molecule has 1 heterocycles. The molecular weight excluding hydrogens is 206 g/mol. The maximum Gasteiger partial charge on any atom is 0.0409 e. The molecule has 1 fully saturated rings. The van der Waals surface area contributed by atoms with Gasteiger partial charge in [-0.15, -0.1) is 0 Å². The molecule has 82 valence electrons. The van der Waals surface area contributed by atoms with Gasteiger partial charge in [0.2, 0.25) is 0 Å². The van der Waals surface area contributed by atoms with E-state index in [2.05, 4.69) is 31.3 Å². The van der Waals surface area contributed by atoms with Gasteiger partial charge in [0.25, 0.3) is 0 Å². The molecule has 0 saturated carbocycles. The fourth-order valence-electron chi connectivity index (χ4n) is 2.34. The van der Waals surface area contributed by atoms with Crippen LogP contribution in [0.15, 0.2) is 24.3 Å². The number of halogens is 1. The van der Waals surface area contributed by atoms with Crippen LogP contribution in [0.1, 0.15) is 44.7 Å². The molecule has 1 atom stereocenters. The van der Waals surface area contributed by atoms with E-state index in [0.717, 1.165) is 5.02 Å². The second kappa shape index (κ2) is 4.15. The van der Waals surface area contributed by atoms with Gasteiger partial charge in [-0.05, 0) is 50.8 Å². The van der Waals surface area contributed by atoms with Gasteiger partial charge in [0.05, 0.1) is 0 Å². The second-order valence-electron chi connectivity index (χ2n) is 5.03. The molecular formula is C13H18ClN. The Labute approximate surface area is 96.8 Å². The zero-order valence-corrected chi connectivity index (χ0v) is 10.1. The molecule has 2 heteroatoms. The Kier molecular flexibility index (Phi) is 3.03. The first-order valence-electron chi connectivity index (χ1n) is 5.60. The predicted octanol–water partition coefficient (Wildman–Crippen LogP) is 3.93. The first-order chi connectivity index (χ1) is 7.07. The van der Waals surface area contributed by atoms with E-state index in [1.807, 2.05) is 12.1 Å². The Balaban J connectivity index is 2.17. The number of benzene rings is 1. The van der Waals surface area contributed by atoms with Crippen molar-refractivity contribution in [2.45, 2.75) is 44.7 Å². The minimum Gasteiger partial charge on any atom is -0.305 e. The summed E-state index contributed by atoms with van der Waals surface area (Å²) in [6.45, 7) is 4.54. The van der Waals surface area contributed by atoms with Crippen molar-refractivity contribution in [1.29, 1.82) is 0 Å². The standard InChI is InChI=1S/C13H18ClN/c1-13(2)8-4-7-12(15-13)10-5-3-6-11(14)9-10/h3,5-6,9,12,15H,4,7-8H2,1-2H3. The third-order valence-electron chi connectivity index (χ3n) is 3.11. The molecule has 1 aromatic rings. The topological polar surface area (TPSA) is 12.0 Å². The SMILES string of the molecule is CC1(C)CCCC(c2cccc(Cl)c2)N1. The Morgan fingerprint density at radius 3 is 2.87 bits per heavy atom. The lowest BCUT2D eigenvalue weighted by Crippen LogP contribution is -2.44. The molecule has 0 spiro atoms. The minimum atomic E-state index is 0.255. The second-order valence-corrected chi connectivity index (χ2v) is 5.46. The van der Waals surface area contributed by atoms with Gasteiger partial charge in [0.1, 0.15) is 0 Å². The highest BCUT2D eigenvalue weighted by Gasteiger charge is 2.27. The monoisotopic (exact) mass is 223 g/mol. The molecule has 1 unspecified atom stereocenters. The predicted molar refractivity (Wildman–Crippen MR) is 65.3 cm³/mol. The summed E-state index contributed by atoms with van der Waals surface area (Å²) in [5.41, 5.74) is 1.57. The summed E-state index contributed by atoms with van der Waals surface area (Å²) in [7, 11) is 0. The van der Waals surface area contributed by atoms with Crippen molar-refractivity contribution in [3.8, 4) is 0 Å². The van der Waals surface area contributed by atoms with Gasteiger partial charge < -0.3 is 5.32 Å². The maximum absolute atomic E-state index is 6.01. The Hall–Kier alpha value is -0.530. The molecule has 2 rings (SSSR count). The van der Waals surface area contributed by atoms with Gasteiger partial charge in [0, 0.05) is 16.6 Å². The summed E-state index contributed by atoms with van der Waals surface area (Å²) >= 11 is 6.01. The Morgan fingerprint density at radius 1 is 1.40 bits per heavy atom. The zero-order chi connectivity index (χ0) is 10.9. The zero-order valence-electron chi connectivity index (χ0n) is 9.39.